The molecule has 0 aromatic heterocycles. The first kappa shape index (κ1) is 20.3. The lowest BCUT2D eigenvalue weighted by molar-refractivity contribution is -0.158. The topological polar surface area (TPSA) is 85.3 Å². The maximum absolute atomic E-state index is 13.3. The van der Waals surface area contributed by atoms with Crippen molar-refractivity contribution in [3.05, 3.63) is 29.3 Å². The second kappa shape index (κ2) is 8.70. The minimum absolute atomic E-state index is 0.134. The lowest BCUT2D eigenvalue weighted by atomic mass is 10.1. The predicted molar refractivity (Wildman–Crippen MR) is 102 cm³/mol. The van der Waals surface area contributed by atoms with Crippen molar-refractivity contribution in [1.82, 2.24) is 4.31 Å². The van der Waals surface area contributed by atoms with E-state index in [1.165, 1.54) is 0 Å². The van der Waals surface area contributed by atoms with E-state index >= 15 is 0 Å². The summed E-state index contributed by atoms with van der Waals surface area (Å²) in [5, 5.41) is 9.63. The molecule has 2 unspecified atom stereocenters. The van der Waals surface area contributed by atoms with Crippen LogP contribution in [0.5, 0.6) is 0 Å². The molecule has 0 spiro atoms. The van der Waals surface area contributed by atoms with Crippen LogP contribution in [-0.2, 0) is 28.7 Å². The number of aryl methyl sites for hydroxylation is 1. The van der Waals surface area contributed by atoms with Crippen LogP contribution in [0.3, 0.4) is 0 Å². The Kier molecular flexibility index (Phi) is 6.54. The molecule has 2 atom stereocenters. The number of ether oxygens (including phenoxy) is 3. The molecule has 7 nitrogen and oxygen atoms in total. The zero-order valence-electron chi connectivity index (χ0n) is 15.6. The fourth-order valence-corrected chi connectivity index (χ4v) is 5.32. The normalized spacial score (nSPS) is 22.9. The van der Waals surface area contributed by atoms with E-state index < -0.39 is 21.8 Å². The monoisotopic (exact) mass is 397 g/mol. The number of rotatable bonds is 6. The second-order valence-corrected chi connectivity index (χ2v) is 9.11. The zero-order valence-corrected chi connectivity index (χ0v) is 16.4. The summed E-state index contributed by atoms with van der Waals surface area (Å²) in [7, 11) is -2.63. The number of hydrogen-bond donors (Lipinski definition) is 1. The fraction of sp³-hybridized carbons (Fsp3) is 0.579. The number of carboxylic acids is 1. The van der Waals surface area contributed by atoms with Crippen LogP contribution >= 0.6 is 0 Å². The highest BCUT2D eigenvalue weighted by atomic mass is 32.2. The van der Waals surface area contributed by atoms with Gasteiger partial charge in [0.15, 0.2) is 6.10 Å². The van der Waals surface area contributed by atoms with Gasteiger partial charge in [0.1, 0.15) is 0 Å². The van der Waals surface area contributed by atoms with Crippen molar-refractivity contribution < 1.29 is 28.3 Å². The van der Waals surface area contributed by atoms with E-state index in [9.17, 15) is 14.1 Å². The summed E-state index contributed by atoms with van der Waals surface area (Å²) in [4.78, 5) is 12.4. The Hall–Kier alpha value is -1.45. The molecule has 0 amide bonds. The smallest absolute Gasteiger partial charge is 0.337 e. The van der Waals surface area contributed by atoms with Crippen molar-refractivity contribution in [3.8, 4) is 0 Å². The van der Waals surface area contributed by atoms with Gasteiger partial charge in [-0.2, -0.15) is 0 Å². The molecule has 8 heteroatoms. The van der Waals surface area contributed by atoms with Gasteiger partial charge in [-0.05, 0) is 42.8 Å². The van der Waals surface area contributed by atoms with Gasteiger partial charge in [0.25, 0.3) is 0 Å². The van der Waals surface area contributed by atoms with Gasteiger partial charge in [0, 0.05) is 31.2 Å². The molecular weight excluding hydrogens is 370 g/mol. The Labute approximate surface area is 160 Å². The highest BCUT2D eigenvalue weighted by molar-refractivity contribution is 7.98. The molecule has 1 aromatic carbocycles. The maximum Gasteiger partial charge on any atom is 0.337 e. The Bertz CT molecular complexity index is 766. The van der Waals surface area contributed by atoms with Gasteiger partial charge in [-0.3, -0.25) is 0 Å². The quantitative estimate of drug-likeness (QED) is 0.735. The molecule has 2 aliphatic heterocycles. The number of aliphatic carboxylic acids is 1. The predicted octanol–water partition coefficient (Wildman–Crippen LogP) is 1.64. The second-order valence-electron chi connectivity index (χ2n) is 6.87. The Balaban J connectivity index is 1.82. The van der Waals surface area contributed by atoms with Crippen molar-refractivity contribution in [2.24, 2.45) is 0 Å². The molecule has 0 radical (unpaired) electrons. The molecular formula is C19H27NO6S. The molecule has 150 valence electrons. The Morgan fingerprint density at radius 1 is 1.26 bits per heavy atom. The minimum Gasteiger partial charge on any atom is -0.479 e. The number of carboxylic acid groups (broad SMARTS) is 1. The zero-order chi connectivity index (χ0) is 19.4. The van der Waals surface area contributed by atoms with E-state index in [1.807, 2.05) is 11.2 Å². The van der Waals surface area contributed by atoms with Gasteiger partial charge in [0.2, 0.25) is 0 Å². The van der Waals surface area contributed by atoms with Gasteiger partial charge in [-0.1, -0.05) is 12.1 Å². The molecule has 0 aliphatic carbocycles. The standard InChI is InChI=1S/C19H27NO6S/c1-14-13-15(18(19(21)22)26-16-5-9-24-10-6-16)3-4-17(14)27(2,23)20-7-11-25-12-8-20/h3-4,13,16,18H,2,5-12H2,1H3,(H,21,22). The van der Waals surface area contributed by atoms with Gasteiger partial charge >= 0.3 is 5.97 Å². The van der Waals surface area contributed by atoms with Crippen molar-refractivity contribution in [2.75, 3.05) is 39.5 Å². The summed E-state index contributed by atoms with van der Waals surface area (Å²) in [6, 6.07) is 5.16. The van der Waals surface area contributed by atoms with E-state index in [0.29, 0.717) is 62.8 Å². The fourth-order valence-electron chi connectivity index (χ4n) is 3.46. The third-order valence-electron chi connectivity index (χ3n) is 4.95. The van der Waals surface area contributed by atoms with Crippen LogP contribution in [0.4, 0.5) is 0 Å². The summed E-state index contributed by atoms with van der Waals surface area (Å²) < 4.78 is 31.6. The molecule has 0 bridgehead atoms. The lowest BCUT2D eigenvalue weighted by Crippen LogP contribution is -2.40. The first-order chi connectivity index (χ1) is 12.9. The third-order valence-corrected chi connectivity index (χ3v) is 7.30. The van der Waals surface area contributed by atoms with Crippen LogP contribution in [0.25, 0.3) is 0 Å². The molecule has 2 aliphatic rings. The van der Waals surface area contributed by atoms with Gasteiger partial charge < -0.3 is 19.3 Å². The number of nitrogens with zero attached hydrogens (tertiary/aromatic N) is 1. The van der Waals surface area contributed by atoms with Gasteiger partial charge in [-0.25, -0.2) is 13.3 Å². The Morgan fingerprint density at radius 2 is 1.89 bits per heavy atom. The first-order valence-corrected chi connectivity index (χ1v) is 10.8. The summed E-state index contributed by atoms with van der Waals surface area (Å²) in [5.41, 5.74) is 1.30. The van der Waals surface area contributed by atoms with Crippen molar-refractivity contribution in [1.29, 1.82) is 0 Å². The maximum atomic E-state index is 13.3. The van der Waals surface area contributed by atoms with E-state index in [4.69, 9.17) is 14.2 Å². The molecule has 3 rings (SSSR count). The summed E-state index contributed by atoms with van der Waals surface area (Å²) in [5.74, 6) is 2.93. The number of benzene rings is 1. The molecule has 0 saturated carbocycles. The van der Waals surface area contributed by atoms with Crippen molar-refractivity contribution in [2.45, 2.75) is 36.9 Å². The van der Waals surface area contributed by atoms with Gasteiger partial charge in [-0.15, -0.1) is 0 Å². The van der Waals surface area contributed by atoms with Crippen LogP contribution in [0.1, 0.15) is 30.1 Å². The van der Waals surface area contributed by atoms with Gasteiger partial charge in [0.05, 0.1) is 29.0 Å². The van der Waals surface area contributed by atoms with Crippen molar-refractivity contribution in [3.63, 3.8) is 0 Å². The van der Waals surface area contributed by atoms with E-state index in [-0.39, 0.29) is 6.10 Å². The summed E-state index contributed by atoms with van der Waals surface area (Å²) >= 11 is 0. The van der Waals surface area contributed by atoms with Crippen LogP contribution in [-0.4, -0.2) is 71.1 Å². The SMILES string of the molecule is C=S(=O)(c1ccc(C(OC2CCOCC2)C(=O)O)cc1C)N1CCOCC1. The third kappa shape index (κ3) is 4.70. The van der Waals surface area contributed by atoms with E-state index in [1.54, 1.807) is 18.2 Å². The first-order valence-electron chi connectivity index (χ1n) is 9.16. The van der Waals surface area contributed by atoms with Crippen LogP contribution < -0.4 is 0 Å². The van der Waals surface area contributed by atoms with Crippen molar-refractivity contribution >= 4 is 21.5 Å². The highest BCUT2D eigenvalue weighted by Crippen LogP contribution is 2.28. The molecule has 2 heterocycles. The molecule has 2 fully saturated rings. The molecule has 1 aromatic rings. The van der Waals surface area contributed by atoms with Crippen LogP contribution in [0.15, 0.2) is 23.1 Å². The molecule has 1 N–H and O–H groups in total. The summed E-state index contributed by atoms with van der Waals surface area (Å²) in [6.45, 7) is 5.18. The number of carbonyl (C=O) groups is 1. The van der Waals surface area contributed by atoms with Crippen LogP contribution in [0.2, 0.25) is 0 Å². The minimum atomic E-state index is -2.63. The largest absolute Gasteiger partial charge is 0.479 e. The summed E-state index contributed by atoms with van der Waals surface area (Å²) in [6.07, 6.45) is 0.185. The lowest BCUT2D eigenvalue weighted by Gasteiger charge is -2.31. The number of hydrogen-bond acceptors (Lipinski definition) is 5. The number of morpholine rings is 1. The highest BCUT2D eigenvalue weighted by Gasteiger charge is 2.28. The molecule has 2 saturated heterocycles. The average molecular weight is 397 g/mol. The molecule has 27 heavy (non-hydrogen) atoms. The van der Waals surface area contributed by atoms with E-state index in [2.05, 4.69) is 5.87 Å². The Morgan fingerprint density at radius 3 is 2.48 bits per heavy atom. The average Bonchev–Trinajstić information content (AvgIpc) is 2.67. The van der Waals surface area contributed by atoms with E-state index in [0.717, 1.165) is 5.56 Å². The van der Waals surface area contributed by atoms with Crippen LogP contribution in [0, 0.1) is 6.92 Å².